The minimum absolute atomic E-state index is 0.237. The molecule has 0 saturated heterocycles. The van der Waals surface area contributed by atoms with Crippen LogP contribution in [0.15, 0.2) is 0 Å². The van der Waals surface area contributed by atoms with E-state index >= 15 is 0 Å². The molecule has 0 aliphatic carbocycles. The largest absolute Gasteiger partial charge is 0.356 e. The molecule has 1 N–H and O–H groups in total. The van der Waals surface area contributed by atoms with E-state index in [0.29, 0.717) is 11.8 Å². The average molecular weight is 269 g/mol. The third-order valence-corrected chi connectivity index (χ3v) is 3.43. The average Bonchev–Trinajstić information content (AvgIpc) is 2.31. The summed E-state index contributed by atoms with van der Waals surface area (Å²) in [5.74, 6) is 0.237. The summed E-state index contributed by atoms with van der Waals surface area (Å²) in [5, 5.41) is 2.97. The molecule has 1 amide bonds. The number of hydrogen-bond acceptors (Lipinski definition) is 1. The van der Waals surface area contributed by atoms with Gasteiger partial charge in [-0.05, 0) is 24.7 Å². The van der Waals surface area contributed by atoms with E-state index in [1.165, 1.54) is 38.5 Å². The molecule has 0 atom stereocenters. The zero-order valence-electron chi connectivity index (χ0n) is 13.7. The van der Waals surface area contributed by atoms with Crippen molar-refractivity contribution >= 4 is 5.91 Å². The zero-order valence-corrected chi connectivity index (χ0v) is 13.7. The monoisotopic (exact) mass is 269 g/mol. The van der Waals surface area contributed by atoms with Gasteiger partial charge in [0.2, 0.25) is 5.91 Å². The van der Waals surface area contributed by atoms with Crippen molar-refractivity contribution in [3.63, 3.8) is 0 Å². The van der Waals surface area contributed by atoms with Gasteiger partial charge in [0.15, 0.2) is 0 Å². The van der Waals surface area contributed by atoms with Crippen LogP contribution in [0, 0.1) is 5.41 Å². The second kappa shape index (κ2) is 11.3. The first-order valence-corrected chi connectivity index (χ1v) is 8.22. The summed E-state index contributed by atoms with van der Waals surface area (Å²) in [5.41, 5.74) is 0.483. The number of amides is 1. The molecule has 0 fully saturated rings. The lowest BCUT2D eigenvalue weighted by molar-refractivity contribution is -0.121. The molecule has 19 heavy (non-hydrogen) atoms. The highest BCUT2D eigenvalue weighted by molar-refractivity contribution is 5.75. The minimum atomic E-state index is 0.237. The second-order valence-corrected chi connectivity index (χ2v) is 6.89. The Balaban J connectivity index is 3.20. The Kier molecular flexibility index (Phi) is 11.0. The van der Waals surface area contributed by atoms with Crippen LogP contribution in [-0.2, 0) is 4.79 Å². The lowest BCUT2D eigenvalue weighted by atomic mass is 9.89. The van der Waals surface area contributed by atoms with Gasteiger partial charge in [-0.2, -0.15) is 0 Å². The third-order valence-electron chi connectivity index (χ3n) is 3.43. The molecule has 2 nitrogen and oxygen atoms in total. The van der Waals surface area contributed by atoms with Crippen molar-refractivity contribution in [2.24, 2.45) is 5.41 Å². The van der Waals surface area contributed by atoms with E-state index in [9.17, 15) is 4.79 Å². The normalized spacial score (nSPS) is 11.6. The van der Waals surface area contributed by atoms with Crippen LogP contribution in [0.4, 0.5) is 0 Å². The van der Waals surface area contributed by atoms with Gasteiger partial charge in [-0.15, -0.1) is 0 Å². The molecule has 2 heteroatoms. The van der Waals surface area contributed by atoms with Gasteiger partial charge in [-0.1, -0.05) is 66.2 Å². The molecule has 0 heterocycles. The summed E-state index contributed by atoms with van der Waals surface area (Å²) in [6.07, 6.45) is 11.8. The van der Waals surface area contributed by atoms with Crippen LogP contribution in [0.2, 0.25) is 0 Å². The SMILES string of the molecule is CCCCNC(=O)CCCCCCCCC(C)(C)C. The molecule has 0 aromatic heterocycles. The third kappa shape index (κ3) is 15.4. The molecule has 0 rings (SSSR count). The fourth-order valence-corrected chi connectivity index (χ4v) is 2.14. The van der Waals surface area contributed by atoms with E-state index in [4.69, 9.17) is 0 Å². The van der Waals surface area contributed by atoms with E-state index in [0.717, 1.165) is 25.8 Å². The van der Waals surface area contributed by atoms with Crippen molar-refractivity contribution in [2.45, 2.75) is 91.9 Å². The molecule has 0 aromatic rings. The van der Waals surface area contributed by atoms with Crippen molar-refractivity contribution in [3.05, 3.63) is 0 Å². The van der Waals surface area contributed by atoms with Gasteiger partial charge in [0, 0.05) is 13.0 Å². The Morgan fingerprint density at radius 2 is 1.47 bits per heavy atom. The van der Waals surface area contributed by atoms with Crippen LogP contribution in [0.25, 0.3) is 0 Å². The predicted octanol–water partition coefficient (Wildman–Crippen LogP) is 5.07. The number of hydrogen-bond donors (Lipinski definition) is 1. The van der Waals surface area contributed by atoms with E-state index in [2.05, 4.69) is 33.0 Å². The van der Waals surface area contributed by atoms with E-state index in [1.807, 2.05) is 0 Å². The van der Waals surface area contributed by atoms with Crippen molar-refractivity contribution in [3.8, 4) is 0 Å². The summed E-state index contributed by atoms with van der Waals surface area (Å²) < 4.78 is 0. The second-order valence-electron chi connectivity index (χ2n) is 6.89. The number of carbonyl (C=O) groups excluding carboxylic acids is 1. The van der Waals surface area contributed by atoms with E-state index in [1.54, 1.807) is 0 Å². The molecule has 0 unspecified atom stereocenters. The predicted molar refractivity (Wildman–Crippen MR) is 84.3 cm³/mol. The molecule has 0 aromatic carbocycles. The van der Waals surface area contributed by atoms with Crippen LogP contribution in [0.3, 0.4) is 0 Å². The smallest absolute Gasteiger partial charge is 0.219 e. The first kappa shape index (κ1) is 18.5. The fraction of sp³-hybridized carbons (Fsp3) is 0.941. The summed E-state index contributed by atoms with van der Waals surface area (Å²) >= 11 is 0. The molecular weight excluding hydrogens is 234 g/mol. The molecule has 0 aliphatic heterocycles. The standard InChI is InChI=1S/C17H35NO/c1-5-6-15-18-16(19)13-11-9-7-8-10-12-14-17(2,3)4/h5-15H2,1-4H3,(H,18,19). The number of nitrogens with one attached hydrogen (secondary N) is 1. The van der Waals surface area contributed by atoms with Gasteiger partial charge < -0.3 is 5.32 Å². The Labute approximate surface area is 120 Å². The van der Waals surface area contributed by atoms with Crippen LogP contribution >= 0.6 is 0 Å². The number of carbonyl (C=O) groups is 1. The summed E-state index contributed by atoms with van der Waals surface area (Å²) in [4.78, 5) is 11.5. The maximum atomic E-state index is 11.5. The van der Waals surface area contributed by atoms with Crippen molar-refractivity contribution in [1.29, 1.82) is 0 Å². The van der Waals surface area contributed by atoms with E-state index in [-0.39, 0.29) is 5.91 Å². The molecule has 114 valence electrons. The van der Waals surface area contributed by atoms with Crippen LogP contribution in [0.5, 0.6) is 0 Å². The van der Waals surface area contributed by atoms with Gasteiger partial charge in [-0.25, -0.2) is 0 Å². The molecule has 0 spiro atoms. The number of unbranched alkanes of at least 4 members (excludes halogenated alkanes) is 6. The topological polar surface area (TPSA) is 29.1 Å². The highest BCUT2D eigenvalue weighted by Gasteiger charge is 2.08. The van der Waals surface area contributed by atoms with Gasteiger partial charge in [-0.3, -0.25) is 4.79 Å². The van der Waals surface area contributed by atoms with Gasteiger partial charge in [0.1, 0.15) is 0 Å². The number of rotatable bonds is 11. The summed E-state index contributed by atoms with van der Waals surface area (Å²) in [7, 11) is 0. The van der Waals surface area contributed by atoms with E-state index < -0.39 is 0 Å². The Hall–Kier alpha value is -0.530. The molecule has 0 radical (unpaired) electrons. The highest BCUT2D eigenvalue weighted by atomic mass is 16.1. The Morgan fingerprint density at radius 3 is 2.05 bits per heavy atom. The lowest BCUT2D eigenvalue weighted by Gasteiger charge is -2.17. The lowest BCUT2D eigenvalue weighted by Crippen LogP contribution is -2.23. The van der Waals surface area contributed by atoms with Gasteiger partial charge in [0.25, 0.3) is 0 Å². The first-order valence-electron chi connectivity index (χ1n) is 8.22. The summed E-state index contributed by atoms with van der Waals surface area (Å²) in [6.45, 7) is 9.92. The molecule has 0 saturated carbocycles. The maximum absolute atomic E-state index is 11.5. The minimum Gasteiger partial charge on any atom is -0.356 e. The quantitative estimate of drug-likeness (QED) is 0.521. The zero-order chi connectivity index (χ0) is 14.6. The molecule has 0 aliphatic rings. The van der Waals surface area contributed by atoms with Gasteiger partial charge in [0.05, 0.1) is 0 Å². The fourth-order valence-electron chi connectivity index (χ4n) is 2.14. The highest BCUT2D eigenvalue weighted by Crippen LogP contribution is 2.22. The molecule has 0 bridgehead atoms. The Bertz CT molecular complexity index is 218. The van der Waals surface area contributed by atoms with Crippen molar-refractivity contribution in [1.82, 2.24) is 5.32 Å². The van der Waals surface area contributed by atoms with Crippen molar-refractivity contribution in [2.75, 3.05) is 6.54 Å². The maximum Gasteiger partial charge on any atom is 0.219 e. The van der Waals surface area contributed by atoms with Crippen LogP contribution < -0.4 is 5.32 Å². The first-order chi connectivity index (χ1) is 8.95. The van der Waals surface area contributed by atoms with Crippen LogP contribution in [-0.4, -0.2) is 12.5 Å². The van der Waals surface area contributed by atoms with Gasteiger partial charge >= 0.3 is 0 Å². The summed E-state index contributed by atoms with van der Waals surface area (Å²) in [6, 6.07) is 0. The Morgan fingerprint density at radius 1 is 0.895 bits per heavy atom. The van der Waals surface area contributed by atoms with Crippen LogP contribution in [0.1, 0.15) is 91.9 Å². The molecular formula is C17H35NO. The van der Waals surface area contributed by atoms with Crippen molar-refractivity contribution < 1.29 is 4.79 Å².